The minimum Gasteiger partial charge on any atom is -0.346 e. The van der Waals surface area contributed by atoms with Crippen LogP contribution in [-0.4, -0.2) is 21.5 Å². The first-order valence-electron chi connectivity index (χ1n) is 7.54. The second-order valence-corrected chi connectivity index (χ2v) is 6.01. The van der Waals surface area contributed by atoms with Gasteiger partial charge >= 0.3 is 0 Å². The number of H-pyrrole nitrogens is 1. The number of pyridine rings is 1. The first-order chi connectivity index (χ1) is 11.3. The fourth-order valence-corrected chi connectivity index (χ4v) is 3.27. The molecule has 1 atom stereocenters. The van der Waals surface area contributed by atoms with E-state index in [2.05, 4.69) is 14.9 Å². The van der Waals surface area contributed by atoms with Crippen LogP contribution in [0.5, 0.6) is 0 Å². The van der Waals surface area contributed by atoms with E-state index in [1.807, 2.05) is 36.4 Å². The van der Waals surface area contributed by atoms with Crippen LogP contribution in [0.1, 0.15) is 30.4 Å². The Morgan fingerprint density at radius 1 is 1.22 bits per heavy atom. The minimum atomic E-state index is 0.141. The number of halogens is 1. The summed E-state index contributed by atoms with van der Waals surface area (Å²) in [6.07, 6.45) is 2.07. The number of anilines is 1. The number of rotatable bonds is 2. The summed E-state index contributed by atoms with van der Waals surface area (Å²) < 4.78 is 0. The van der Waals surface area contributed by atoms with Crippen molar-refractivity contribution in [1.82, 2.24) is 15.0 Å². The largest absolute Gasteiger partial charge is 0.346 e. The van der Waals surface area contributed by atoms with Gasteiger partial charge in [-0.05, 0) is 37.1 Å². The first-order valence-corrected chi connectivity index (χ1v) is 7.92. The van der Waals surface area contributed by atoms with E-state index in [1.165, 1.54) is 0 Å². The molecule has 1 aromatic carbocycles. The van der Waals surface area contributed by atoms with Crippen molar-refractivity contribution in [2.75, 3.05) is 11.4 Å². The lowest BCUT2D eigenvalue weighted by Crippen LogP contribution is -2.24. The van der Waals surface area contributed by atoms with Gasteiger partial charge in [-0.1, -0.05) is 23.7 Å². The molecule has 3 heterocycles. The van der Waals surface area contributed by atoms with E-state index in [0.717, 1.165) is 42.1 Å². The Kier molecular flexibility index (Phi) is 3.40. The number of nitrogens with one attached hydrogen (secondary N) is 1. The average molecular weight is 324 g/mol. The normalized spacial score (nSPS) is 17.6. The highest BCUT2D eigenvalue weighted by atomic mass is 35.5. The molecule has 114 valence electrons. The van der Waals surface area contributed by atoms with E-state index in [-0.39, 0.29) is 11.7 Å². The number of benzene rings is 1. The molecule has 1 aliphatic heterocycles. The van der Waals surface area contributed by atoms with Gasteiger partial charge in [-0.2, -0.15) is 5.26 Å². The molecular formula is C17H14ClN5. The molecule has 0 unspecified atom stereocenters. The van der Waals surface area contributed by atoms with Gasteiger partial charge in [-0.3, -0.25) is 0 Å². The molecule has 1 saturated heterocycles. The maximum atomic E-state index is 9.13. The molecule has 0 amide bonds. The van der Waals surface area contributed by atoms with Crippen LogP contribution >= 0.6 is 11.6 Å². The van der Waals surface area contributed by atoms with E-state index in [1.54, 1.807) is 6.07 Å². The van der Waals surface area contributed by atoms with E-state index in [9.17, 15) is 0 Å². The van der Waals surface area contributed by atoms with Crippen LogP contribution in [-0.2, 0) is 0 Å². The number of nitrogens with zero attached hydrogens (tertiary/aromatic N) is 4. The number of aromatic nitrogens is 3. The lowest BCUT2D eigenvalue weighted by Gasteiger charge is -2.24. The fraction of sp³-hybridized carbons (Fsp3) is 0.235. The average Bonchev–Trinajstić information content (AvgIpc) is 3.21. The summed E-state index contributed by atoms with van der Waals surface area (Å²) in [7, 11) is 0. The molecule has 6 heteroatoms. The van der Waals surface area contributed by atoms with Gasteiger partial charge in [0, 0.05) is 6.54 Å². The summed E-state index contributed by atoms with van der Waals surface area (Å²) in [6.45, 7) is 0.890. The quantitative estimate of drug-likeness (QED) is 0.778. The Morgan fingerprint density at radius 2 is 2.09 bits per heavy atom. The second kappa shape index (κ2) is 5.56. The van der Waals surface area contributed by atoms with Crippen molar-refractivity contribution in [3.8, 4) is 6.07 Å². The van der Waals surface area contributed by atoms with Gasteiger partial charge in [0.05, 0.1) is 22.1 Å². The number of aromatic amines is 1. The van der Waals surface area contributed by atoms with Gasteiger partial charge in [0.2, 0.25) is 0 Å². The highest BCUT2D eigenvalue weighted by molar-refractivity contribution is 6.31. The summed E-state index contributed by atoms with van der Waals surface area (Å²) in [5.41, 5.74) is 2.27. The number of hydrogen-bond donors (Lipinski definition) is 1. The number of hydrogen-bond acceptors (Lipinski definition) is 4. The summed E-state index contributed by atoms with van der Waals surface area (Å²) in [5, 5.41) is 9.51. The molecule has 1 aliphatic rings. The molecule has 0 saturated carbocycles. The third-order valence-corrected chi connectivity index (χ3v) is 4.51. The minimum absolute atomic E-state index is 0.141. The van der Waals surface area contributed by atoms with Crippen molar-refractivity contribution in [3.05, 3.63) is 52.9 Å². The molecule has 4 rings (SSSR count). The Balaban J connectivity index is 1.73. The molecule has 3 aromatic rings. The van der Waals surface area contributed by atoms with Gasteiger partial charge in [0.15, 0.2) is 5.69 Å². The lowest BCUT2D eigenvalue weighted by atomic mass is 10.2. The SMILES string of the molecule is N#Cc1nc(N2CCC[C@H]2c2nc3ccccc3[nH]2)ccc1Cl. The highest BCUT2D eigenvalue weighted by Gasteiger charge is 2.29. The Morgan fingerprint density at radius 3 is 2.91 bits per heavy atom. The van der Waals surface area contributed by atoms with E-state index in [4.69, 9.17) is 21.8 Å². The van der Waals surface area contributed by atoms with Crippen LogP contribution in [0.25, 0.3) is 11.0 Å². The standard InChI is InChI=1S/C17H14ClN5/c18-11-7-8-16(20-14(11)10-19)23-9-3-6-15(23)17-21-12-4-1-2-5-13(12)22-17/h1-2,4-5,7-8,15H,3,6,9H2,(H,21,22)/t15-/m0/s1. The van der Waals surface area contributed by atoms with Crippen molar-refractivity contribution in [2.24, 2.45) is 0 Å². The van der Waals surface area contributed by atoms with E-state index in [0.29, 0.717) is 5.02 Å². The zero-order valence-corrected chi connectivity index (χ0v) is 13.1. The van der Waals surface area contributed by atoms with Crippen molar-refractivity contribution < 1.29 is 0 Å². The van der Waals surface area contributed by atoms with Crippen LogP contribution < -0.4 is 4.90 Å². The van der Waals surface area contributed by atoms with Gasteiger partial charge in [-0.15, -0.1) is 0 Å². The molecular weight excluding hydrogens is 310 g/mol. The molecule has 1 N–H and O–H groups in total. The Labute approximate surface area is 138 Å². The number of fused-ring (bicyclic) bond motifs is 1. The molecule has 0 radical (unpaired) electrons. The Bertz CT molecular complexity index is 878. The zero-order valence-electron chi connectivity index (χ0n) is 12.3. The number of para-hydroxylation sites is 2. The van der Waals surface area contributed by atoms with Crippen molar-refractivity contribution in [3.63, 3.8) is 0 Å². The maximum Gasteiger partial charge on any atom is 0.161 e. The van der Waals surface area contributed by atoms with Gasteiger partial charge in [-0.25, -0.2) is 9.97 Å². The molecule has 0 bridgehead atoms. The summed E-state index contributed by atoms with van der Waals surface area (Å²) in [5.74, 6) is 1.72. The molecule has 0 aliphatic carbocycles. The van der Waals surface area contributed by atoms with Crippen molar-refractivity contribution >= 4 is 28.5 Å². The molecule has 2 aromatic heterocycles. The van der Waals surface area contributed by atoms with Gasteiger partial charge in [0.25, 0.3) is 0 Å². The maximum absolute atomic E-state index is 9.13. The van der Waals surface area contributed by atoms with Crippen molar-refractivity contribution in [1.29, 1.82) is 5.26 Å². The summed E-state index contributed by atoms with van der Waals surface area (Å²) >= 11 is 5.99. The summed E-state index contributed by atoms with van der Waals surface area (Å²) in [6, 6.07) is 13.8. The first kappa shape index (κ1) is 14.0. The second-order valence-electron chi connectivity index (χ2n) is 5.60. The number of imidazole rings is 1. The molecule has 1 fully saturated rings. The monoisotopic (exact) mass is 323 g/mol. The van der Waals surface area contributed by atoms with Crippen LogP contribution in [0.4, 0.5) is 5.82 Å². The van der Waals surface area contributed by atoms with E-state index >= 15 is 0 Å². The predicted molar refractivity (Wildman–Crippen MR) is 89.4 cm³/mol. The molecule has 0 spiro atoms. The van der Waals surface area contributed by atoms with E-state index < -0.39 is 0 Å². The van der Waals surface area contributed by atoms with Crippen LogP contribution in [0.15, 0.2) is 36.4 Å². The van der Waals surface area contributed by atoms with Gasteiger partial charge < -0.3 is 9.88 Å². The van der Waals surface area contributed by atoms with Crippen LogP contribution in [0.3, 0.4) is 0 Å². The fourth-order valence-electron chi connectivity index (χ4n) is 3.13. The number of nitriles is 1. The Hall–Kier alpha value is -2.58. The smallest absolute Gasteiger partial charge is 0.161 e. The lowest BCUT2D eigenvalue weighted by molar-refractivity contribution is 0.672. The van der Waals surface area contributed by atoms with Crippen molar-refractivity contribution in [2.45, 2.75) is 18.9 Å². The molecule has 23 heavy (non-hydrogen) atoms. The highest BCUT2D eigenvalue weighted by Crippen LogP contribution is 2.35. The van der Waals surface area contributed by atoms with Crippen LogP contribution in [0.2, 0.25) is 5.02 Å². The van der Waals surface area contributed by atoms with Gasteiger partial charge in [0.1, 0.15) is 17.7 Å². The predicted octanol–water partition coefficient (Wildman–Crippen LogP) is 3.82. The third-order valence-electron chi connectivity index (χ3n) is 4.21. The van der Waals surface area contributed by atoms with Crippen LogP contribution in [0, 0.1) is 11.3 Å². The topological polar surface area (TPSA) is 68.6 Å². The zero-order chi connectivity index (χ0) is 15.8. The molecule has 5 nitrogen and oxygen atoms in total. The third kappa shape index (κ3) is 2.41. The summed E-state index contributed by atoms with van der Waals surface area (Å²) in [4.78, 5) is 14.7.